The van der Waals surface area contributed by atoms with Crippen LogP contribution in [0.15, 0.2) is 36.0 Å². The van der Waals surface area contributed by atoms with E-state index in [0.717, 1.165) is 21.5 Å². The van der Waals surface area contributed by atoms with E-state index >= 15 is 0 Å². The molecule has 1 aromatic carbocycles. The van der Waals surface area contributed by atoms with E-state index in [2.05, 4.69) is 9.97 Å². The first kappa shape index (κ1) is 12.9. The summed E-state index contributed by atoms with van der Waals surface area (Å²) in [4.78, 5) is 22.8. The lowest BCUT2D eigenvalue weighted by Crippen LogP contribution is -2.26. The van der Waals surface area contributed by atoms with Crippen LogP contribution in [0.1, 0.15) is 20.9 Å². The summed E-state index contributed by atoms with van der Waals surface area (Å²) in [5, 5.41) is 1.05. The minimum Gasteiger partial charge on any atom is -0.361 e. The molecule has 0 aliphatic carbocycles. The molecule has 0 bridgehead atoms. The third kappa shape index (κ3) is 2.20. The number of nitrogens with one attached hydrogen (secondary N) is 1. The Labute approximate surface area is 121 Å². The van der Waals surface area contributed by atoms with Crippen molar-refractivity contribution < 1.29 is 4.79 Å². The molecule has 4 nitrogen and oxygen atoms in total. The molecule has 0 aliphatic rings. The fraction of sp³-hybridized carbons (Fsp3) is 0.200. The summed E-state index contributed by atoms with van der Waals surface area (Å²) in [6.45, 7) is 2.56. The van der Waals surface area contributed by atoms with Gasteiger partial charge in [-0.1, -0.05) is 12.1 Å². The smallest absolute Gasteiger partial charge is 0.256 e. The quantitative estimate of drug-likeness (QED) is 0.803. The highest BCUT2D eigenvalue weighted by Crippen LogP contribution is 2.20. The first-order valence-corrected chi connectivity index (χ1v) is 7.25. The van der Waals surface area contributed by atoms with Crippen molar-refractivity contribution in [3.63, 3.8) is 0 Å². The maximum Gasteiger partial charge on any atom is 0.256 e. The first-order valence-electron chi connectivity index (χ1n) is 6.37. The molecule has 2 heterocycles. The molecule has 1 N–H and O–H groups in total. The van der Waals surface area contributed by atoms with Crippen LogP contribution in [0.5, 0.6) is 0 Å². The van der Waals surface area contributed by atoms with E-state index in [9.17, 15) is 4.79 Å². The maximum atomic E-state index is 12.6. The summed E-state index contributed by atoms with van der Waals surface area (Å²) in [6.07, 6.45) is 1.86. The predicted molar refractivity (Wildman–Crippen MR) is 80.9 cm³/mol. The number of H-pyrrole nitrogens is 1. The van der Waals surface area contributed by atoms with Crippen molar-refractivity contribution in [1.82, 2.24) is 14.9 Å². The second-order valence-electron chi connectivity index (χ2n) is 4.77. The number of carbonyl (C=O) groups is 1. The van der Waals surface area contributed by atoms with E-state index in [1.54, 1.807) is 16.2 Å². The summed E-state index contributed by atoms with van der Waals surface area (Å²) >= 11 is 1.58. The van der Waals surface area contributed by atoms with Gasteiger partial charge in [-0.05, 0) is 19.1 Å². The largest absolute Gasteiger partial charge is 0.361 e. The van der Waals surface area contributed by atoms with Crippen LogP contribution in [0.4, 0.5) is 0 Å². The number of aromatic amines is 1. The number of benzene rings is 1. The van der Waals surface area contributed by atoms with Crippen molar-refractivity contribution in [2.75, 3.05) is 7.05 Å². The average molecular weight is 285 g/mol. The molecule has 3 aromatic rings. The summed E-state index contributed by atoms with van der Waals surface area (Å²) in [6, 6.07) is 7.74. The molecular weight excluding hydrogens is 270 g/mol. The van der Waals surface area contributed by atoms with Gasteiger partial charge in [0.05, 0.1) is 28.8 Å². The van der Waals surface area contributed by atoms with Gasteiger partial charge in [0.25, 0.3) is 5.91 Å². The van der Waals surface area contributed by atoms with Gasteiger partial charge in [-0.25, -0.2) is 4.98 Å². The number of carbonyl (C=O) groups excluding carboxylic acids is 1. The monoisotopic (exact) mass is 285 g/mol. The number of rotatable bonds is 3. The van der Waals surface area contributed by atoms with E-state index in [0.29, 0.717) is 12.1 Å². The molecule has 0 unspecified atom stereocenters. The van der Waals surface area contributed by atoms with Crippen LogP contribution in [-0.2, 0) is 6.54 Å². The molecule has 0 saturated carbocycles. The van der Waals surface area contributed by atoms with Gasteiger partial charge in [-0.2, -0.15) is 0 Å². The highest BCUT2D eigenvalue weighted by atomic mass is 32.1. The lowest BCUT2D eigenvalue weighted by atomic mass is 10.1. The zero-order chi connectivity index (χ0) is 14.1. The van der Waals surface area contributed by atoms with Crippen LogP contribution in [0.3, 0.4) is 0 Å². The highest BCUT2D eigenvalue weighted by molar-refractivity contribution is 7.09. The molecule has 0 saturated heterocycles. The second kappa shape index (κ2) is 5.09. The van der Waals surface area contributed by atoms with Crippen molar-refractivity contribution in [2.24, 2.45) is 0 Å². The fourth-order valence-electron chi connectivity index (χ4n) is 2.23. The SMILES string of the molecule is Cc1ncsc1CN(C)C(=O)c1cccc2cc[nH]c12. The van der Waals surface area contributed by atoms with Crippen LogP contribution >= 0.6 is 11.3 Å². The van der Waals surface area contributed by atoms with Gasteiger partial charge in [-0.3, -0.25) is 4.79 Å². The highest BCUT2D eigenvalue weighted by Gasteiger charge is 2.16. The molecule has 20 heavy (non-hydrogen) atoms. The summed E-state index contributed by atoms with van der Waals surface area (Å²) < 4.78 is 0. The molecule has 2 aromatic heterocycles. The molecule has 102 valence electrons. The van der Waals surface area contributed by atoms with Crippen molar-refractivity contribution in [2.45, 2.75) is 13.5 Å². The Kier molecular flexibility index (Phi) is 3.28. The number of hydrogen-bond donors (Lipinski definition) is 1. The molecule has 0 spiro atoms. The van der Waals surface area contributed by atoms with Gasteiger partial charge in [0, 0.05) is 23.5 Å². The van der Waals surface area contributed by atoms with Gasteiger partial charge >= 0.3 is 0 Å². The van der Waals surface area contributed by atoms with Crippen LogP contribution in [-0.4, -0.2) is 27.8 Å². The third-order valence-electron chi connectivity index (χ3n) is 3.39. The van der Waals surface area contributed by atoms with Gasteiger partial charge in [0.1, 0.15) is 0 Å². The lowest BCUT2D eigenvalue weighted by molar-refractivity contribution is 0.0788. The molecule has 5 heteroatoms. The van der Waals surface area contributed by atoms with E-state index < -0.39 is 0 Å². The molecule has 3 rings (SSSR count). The Morgan fingerprint density at radius 1 is 1.40 bits per heavy atom. The summed E-state index contributed by atoms with van der Waals surface area (Å²) in [5.41, 5.74) is 4.41. The Bertz CT molecular complexity index is 759. The van der Waals surface area contributed by atoms with Gasteiger partial charge in [0.15, 0.2) is 0 Å². The minimum atomic E-state index is 0.0193. The van der Waals surface area contributed by atoms with Crippen molar-refractivity contribution in [3.05, 3.63) is 52.1 Å². The number of para-hydroxylation sites is 1. The van der Waals surface area contributed by atoms with Crippen molar-refractivity contribution in [3.8, 4) is 0 Å². The van der Waals surface area contributed by atoms with E-state index in [1.807, 2.05) is 49.9 Å². The number of thiazole rings is 1. The summed E-state index contributed by atoms with van der Waals surface area (Å²) in [7, 11) is 1.82. The number of nitrogens with zero attached hydrogens (tertiary/aromatic N) is 2. The lowest BCUT2D eigenvalue weighted by Gasteiger charge is -2.17. The molecule has 0 atom stereocenters. The third-order valence-corrected chi connectivity index (χ3v) is 4.31. The number of amides is 1. The second-order valence-corrected chi connectivity index (χ2v) is 5.71. The summed E-state index contributed by atoms with van der Waals surface area (Å²) in [5.74, 6) is 0.0193. The van der Waals surface area contributed by atoms with Crippen LogP contribution in [0.25, 0.3) is 10.9 Å². The predicted octanol–water partition coefficient (Wildman–Crippen LogP) is 3.21. The fourth-order valence-corrected chi connectivity index (χ4v) is 3.06. The number of fused-ring (bicyclic) bond motifs is 1. The van der Waals surface area contributed by atoms with Gasteiger partial charge in [0.2, 0.25) is 0 Å². The number of aryl methyl sites for hydroxylation is 1. The Balaban J connectivity index is 1.88. The van der Waals surface area contributed by atoms with Crippen molar-refractivity contribution >= 4 is 28.1 Å². The Hall–Kier alpha value is -2.14. The van der Waals surface area contributed by atoms with Crippen molar-refractivity contribution in [1.29, 1.82) is 0 Å². The molecule has 0 radical (unpaired) electrons. The molecular formula is C15H15N3OS. The molecule has 0 fully saturated rings. The number of aromatic nitrogens is 2. The van der Waals surface area contributed by atoms with Crippen LogP contribution in [0.2, 0.25) is 0 Å². The van der Waals surface area contributed by atoms with E-state index in [4.69, 9.17) is 0 Å². The molecule has 1 amide bonds. The zero-order valence-corrected chi connectivity index (χ0v) is 12.2. The van der Waals surface area contributed by atoms with E-state index in [-0.39, 0.29) is 5.91 Å². The zero-order valence-electron chi connectivity index (χ0n) is 11.4. The maximum absolute atomic E-state index is 12.6. The van der Waals surface area contributed by atoms with E-state index in [1.165, 1.54) is 0 Å². The normalized spacial score (nSPS) is 10.9. The Morgan fingerprint density at radius 2 is 2.25 bits per heavy atom. The average Bonchev–Trinajstić information content (AvgIpc) is 3.07. The minimum absolute atomic E-state index is 0.0193. The molecule has 0 aliphatic heterocycles. The number of hydrogen-bond acceptors (Lipinski definition) is 3. The topological polar surface area (TPSA) is 49.0 Å². The van der Waals surface area contributed by atoms with Gasteiger partial charge < -0.3 is 9.88 Å². The van der Waals surface area contributed by atoms with Crippen LogP contribution < -0.4 is 0 Å². The Morgan fingerprint density at radius 3 is 3.00 bits per heavy atom. The van der Waals surface area contributed by atoms with Gasteiger partial charge in [-0.15, -0.1) is 11.3 Å². The standard InChI is InChI=1S/C15H15N3OS/c1-10-13(20-9-17-10)8-18(2)15(19)12-5-3-4-11-6-7-16-14(11)12/h3-7,9,16H,8H2,1-2H3. The first-order chi connectivity index (χ1) is 9.66. The van der Waals surface area contributed by atoms with Crippen LogP contribution in [0, 0.1) is 6.92 Å².